The van der Waals surface area contributed by atoms with Crippen molar-refractivity contribution in [2.24, 2.45) is 20.8 Å². The molecule has 0 N–H and O–H groups in total. The minimum atomic E-state index is -0.258. The van der Waals surface area contributed by atoms with E-state index in [1.165, 1.54) is 0 Å². The van der Waals surface area contributed by atoms with E-state index in [1.54, 1.807) is 0 Å². The molecule has 0 unspecified atom stereocenters. The topological polar surface area (TPSA) is 24.7 Å². The second-order valence-electron chi connectivity index (χ2n) is 15.1. The van der Waals surface area contributed by atoms with Crippen LogP contribution >= 0.6 is 31.9 Å². The van der Waals surface area contributed by atoms with E-state index in [4.69, 9.17) is 9.98 Å². The highest BCUT2D eigenvalue weighted by molar-refractivity contribution is 9.10. The van der Waals surface area contributed by atoms with Crippen molar-refractivity contribution in [2.45, 2.75) is 93.2 Å². The first kappa shape index (κ1) is 35.6. The zero-order valence-corrected chi connectivity index (χ0v) is 31.2. The minimum absolute atomic E-state index is 0.153. The molecule has 0 atom stereocenters. The SMILES string of the molecule is CC(C)(C)CC(C)(C)N=C(C#Cc1ccc(C#CC(=NC(C)(C)CC(C)(C)C)c2ccccc2Br)cc1)c1ccccc1Br. The first-order valence-corrected chi connectivity index (χ1v) is 16.7. The van der Waals surface area contributed by atoms with Gasteiger partial charge in [0.1, 0.15) is 11.4 Å². The Balaban J connectivity index is 1.97. The van der Waals surface area contributed by atoms with E-state index in [-0.39, 0.29) is 21.9 Å². The van der Waals surface area contributed by atoms with Gasteiger partial charge in [0, 0.05) is 31.2 Å². The molecule has 230 valence electrons. The summed E-state index contributed by atoms with van der Waals surface area (Å²) in [7, 11) is 0. The van der Waals surface area contributed by atoms with Crippen LogP contribution in [0.1, 0.15) is 104 Å². The molecule has 0 fully saturated rings. The third-order valence-corrected chi connectivity index (χ3v) is 7.93. The van der Waals surface area contributed by atoms with E-state index in [0.717, 1.165) is 55.5 Å². The van der Waals surface area contributed by atoms with Gasteiger partial charge in [0.2, 0.25) is 0 Å². The standard InChI is InChI=1S/C40H46Br2N2/c1-37(2,3)27-39(7,8)43-35(31-15-11-13-17-33(31)41)25-23-29-19-21-30(22-20-29)24-26-36(32-16-12-14-18-34(32)42)44-40(9,10)28-38(4,5)6/h11-22H,27-28H2,1-10H3. The Labute approximate surface area is 283 Å². The summed E-state index contributed by atoms with van der Waals surface area (Å²) in [5, 5.41) is 0. The number of hydrogen-bond donors (Lipinski definition) is 0. The molecule has 2 nitrogen and oxygen atoms in total. The van der Waals surface area contributed by atoms with Crippen LogP contribution in [0.25, 0.3) is 0 Å². The lowest BCUT2D eigenvalue weighted by Gasteiger charge is -2.29. The zero-order valence-electron chi connectivity index (χ0n) is 28.0. The lowest BCUT2D eigenvalue weighted by molar-refractivity contribution is 0.288. The molecule has 44 heavy (non-hydrogen) atoms. The van der Waals surface area contributed by atoms with Gasteiger partial charge in [0.25, 0.3) is 0 Å². The Kier molecular flexibility index (Phi) is 11.7. The summed E-state index contributed by atoms with van der Waals surface area (Å²) in [4.78, 5) is 10.3. The van der Waals surface area contributed by atoms with Crippen molar-refractivity contribution in [3.8, 4) is 23.7 Å². The average Bonchev–Trinajstić information content (AvgIpc) is 2.87. The smallest absolute Gasteiger partial charge is 0.116 e. The number of rotatable bonds is 6. The zero-order chi connectivity index (χ0) is 32.8. The van der Waals surface area contributed by atoms with Crippen LogP contribution in [-0.4, -0.2) is 22.5 Å². The minimum Gasteiger partial charge on any atom is -0.270 e. The highest BCUT2D eigenvalue weighted by Crippen LogP contribution is 2.32. The first-order valence-electron chi connectivity index (χ1n) is 15.2. The first-order chi connectivity index (χ1) is 20.3. The van der Waals surface area contributed by atoms with Gasteiger partial charge >= 0.3 is 0 Å². The second kappa shape index (κ2) is 14.5. The van der Waals surface area contributed by atoms with Gasteiger partial charge in [-0.15, -0.1) is 0 Å². The van der Waals surface area contributed by atoms with E-state index in [1.807, 2.05) is 60.7 Å². The van der Waals surface area contributed by atoms with Gasteiger partial charge < -0.3 is 0 Å². The molecule has 0 saturated carbocycles. The monoisotopic (exact) mass is 712 g/mol. The Morgan fingerprint density at radius 2 is 0.841 bits per heavy atom. The van der Waals surface area contributed by atoms with E-state index in [9.17, 15) is 0 Å². The summed E-state index contributed by atoms with van der Waals surface area (Å²) >= 11 is 7.41. The van der Waals surface area contributed by atoms with Gasteiger partial charge in [-0.1, -0.05) is 122 Å². The number of hydrogen-bond acceptors (Lipinski definition) is 2. The lowest BCUT2D eigenvalue weighted by Crippen LogP contribution is -2.26. The molecule has 0 spiro atoms. The van der Waals surface area contributed by atoms with E-state index in [0.29, 0.717) is 0 Å². The molecule has 0 radical (unpaired) electrons. The van der Waals surface area contributed by atoms with Crippen LogP contribution in [0, 0.1) is 34.5 Å². The average molecular weight is 715 g/mol. The molecule has 0 aromatic heterocycles. The van der Waals surface area contributed by atoms with E-state index < -0.39 is 0 Å². The largest absolute Gasteiger partial charge is 0.270 e. The predicted octanol–water partition coefficient (Wildman–Crippen LogP) is 11.3. The summed E-state index contributed by atoms with van der Waals surface area (Å²) in [5.74, 6) is 13.5. The molecule has 0 bridgehead atoms. The van der Waals surface area contributed by atoms with Crippen molar-refractivity contribution in [3.05, 3.63) is 104 Å². The summed E-state index contributed by atoms with van der Waals surface area (Å²) in [6.45, 7) is 22.2. The van der Waals surface area contributed by atoms with Crippen molar-refractivity contribution >= 4 is 43.3 Å². The summed E-state index contributed by atoms with van der Waals surface area (Å²) in [6, 6.07) is 24.4. The number of halogens is 2. The molecule has 4 heteroatoms. The maximum absolute atomic E-state index is 5.17. The van der Waals surface area contributed by atoms with Crippen LogP contribution in [0.3, 0.4) is 0 Å². The second-order valence-corrected chi connectivity index (χ2v) is 16.8. The fourth-order valence-electron chi connectivity index (χ4n) is 5.80. The van der Waals surface area contributed by atoms with Gasteiger partial charge in [0.15, 0.2) is 0 Å². The van der Waals surface area contributed by atoms with Crippen molar-refractivity contribution in [1.82, 2.24) is 0 Å². The van der Waals surface area contributed by atoms with E-state index >= 15 is 0 Å². The Morgan fingerprint density at radius 1 is 0.523 bits per heavy atom. The molecular weight excluding hydrogens is 668 g/mol. The molecule has 0 heterocycles. The quantitative estimate of drug-likeness (QED) is 0.179. The Morgan fingerprint density at radius 3 is 1.14 bits per heavy atom. The molecule has 0 aliphatic rings. The molecule has 0 saturated heterocycles. The Bertz CT molecular complexity index is 1510. The van der Waals surface area contributed by atoms with Crippen molar-refractivity contribution in [2.75, 3.05) is 0 Å². The highest BCUT2D eigenvalue weighted by Gasteiger charge is 2.27. The summed E-state index contributed by atoms with van der Waals surface area (Å²) < 4.78 is 1.97. The maximum Gasteiger partial charge on any atom is 0.116 e. The van der Waals surface area contributed by atoms with Crippen molar-refractivity contribution < 1.29 is 0 Å². The lowest BCUT2D eigenvalue weighted by atomic mass is 9.82. The van der Waals surface area contributed by atoms with Crippen LogP contribution in [0.5, 0.6) is 0 Å². The van der Waals surface area contributed by atoms with Gasteiger partial charge in [-0.05, 0) is 99.6 Å². The van der Waals surface area contributed by atoms with Crippen LogP contribution in [0.2, 0.25) is 0 Å². The third kappa shape index (κ3) is 11.9. The molecule has 0 aliphatic heterocycles. The number of benzene rings is 3. The third-order valence-electron chi connectivity index (χ3n) is 6.55. The summed E-state index contributed by atoms with van der Waals surface area (Å²) in [5.41, 5.74) is 5.17. The fourth-order valence-corrected chi connectivity index (χ4v) is 6.74. The van der Waals surface area contributed by atoms with Crippen LogP contribution < -0.4 is 0 Å². The molecule has 0 amide bonds. The van der Waals surface area contributed by atoms with Crippen LogP contribution in [-0.2, 0) is 0 Å². The molecule has 3 aromatic rings. The molecule has 3 aromatic carbocycles. The maximum atomic E-state index is 5.17. The van der Waals surface area contributed by atoms with Crippen LogP contribution in [0.15, 0.2) is 91.7 Å². The predicted molar refractivity (Wildman–Crippen MR) is 198 cm³/mol. The van der Waals surface area contributed by atoms with Gasteiger partial charge in [-0.2, -0.15) is 0 Å². The van der Waals surface area contributed by atoms with Gasteiger partial charge in [-0.3, -0.25) is 9.98 Å². The normalized spacial score (nSPS) is 13.1. The summed E-state index contributed by atoms with van der Waals surface area (Å²) in [6.07, 6.45) is 1.89. The highest BCUT2D eigenvalue weighted by atomic mass is 79.9. The van der Waals surface area contributed by atoms with Crippen LogP contribution in [0.4, 0.5) is 0 Å². The number of aliphatic imine (C=N–C) groups is 2. The van der Waals surface area contributed by atoms with Crippen molar-refractivity contribution in [1.29, 1.82) is 0 Å². The van der Waals surface area contributed by atoms with Gasteiger partial charge in [0.05, 0.1) is 11.1 Å². The van der Waals surface area contributed by atoms with Gasteiger partial charge in [-0.25, -0.2) is 0 Å². The van der Waals surface area contributed by atoms with Crippen molar-refractivity contribution in [3.63, 3.8) is 0 Å². The molecule has 3 rings (SSSR count). The fraction of sp³-hybridized carbons (Fsp3) is 0.400. The van der Waals surface area contributed by atoms with E-state index in [2.05, 4.69) is 137 Å². The number of nitrogens with zero attached hydrogens (tertiary/aromatic N) is 2. The Hall–Kier alpha value is -2.92. The molecular formula is C40H46Br2N2. The molecule has 0 aliphatic carbocycles.